The van der Waals surface area contributed by atoms with Gasteiger partial charge in [0.25, 0.3) is 0 Å². The fourth-order valence-electron chi connectivity index (χ4n) is 2.93. The molecule has 1 saturated heterocycles. The van der Waals surface area contributed by atoms with Crippen molar-refractivity contribution in [2.75, 3.05) is 23.0 Å². The van der Waals surface area contributed by atoms with Gasteiger partial charge in [0, 0.05) is 10.2 Å². The summed E-state index contributed by atoms with van der Waals surface area (Å²) in [6, 6.07) is 7.85. The van der Waals surface area contributed by atoms with E-state index in [4.69, 9.17) is 5.73 Å². The summed E-state index contributed by atoms with van der Waals surface area (Å²) in [7, 11) is -2.91. The van der Waals surface area contributed by atoms with Crippen molar-refractivity contribution in [3.63, 3.8) is 0 Å². The van der Waals surface area contributed by atoms with Crippen molar-refractivity contribution < 1.29 is 8.42 Å². The second-order valence-corrected chi connectivity index (χ2v) is 8.59. The van der Waals surface area contributed by atoms with Crippen molar-refractivity contribution in [1.29, 1.82) is 0 Å². The van der Waals surface area contributed by atoms with Gasteiger partial charge in [-0.25, -0.2) is 8.42 Å². The number of anilines is 1. The van der Waals surface area contributed by atoms with Crippen LogP contribution in [0.3, 0.4) is 0 Å². The number of aliphatic imine (C=N–C) groups is 1. The summed E-state index contributed by atoms with van der Waals surface area (Å²) in [6.07, 6.45) is 1.15. The summed E-state index contributed by atoms with van der Waals surface area (Å²) in [6.45, 7) is 0.570. The first-order valence-corrected chi connectivity index (χ1v) is 9.10. The lowest BCUT2D eigenvalue weighted by molar-refractivity contribution is 0.409. The highest BCUT2D eigenvalue weighted by Crippen LogP contribution is 2.38. The molecule has 1 aromatic carbocycles. The maximum Gasteiger partial charge on any atom is 0.196 e. The Labute approximate surface area is 126 Å². The van der Waals surface area contributed by atoms with E-state index in [2.05, 4.69) is 20.9 Å². The summed E-state index contributed by atoms with van der Waals surface area (Å²) in [4.78, 5) is 6.36. The minimum atomic E-state index is -2.91. The van der Waals surface area contributed by atoms with Gasteiger partial charge in [0.05, 0.1) is 23.6 Å². The molecule has 5 nitrogen and oxygen atoms in total. The van der Waals surface area contributed by atoms with Gasteiger partial charge in [-0.2, -0.15) is 0 Å². The molecule has 3 rings (SSSR count). The first kappa shape index (κ1) is 13.9. The average Bonchev–Trinajstić information content (AvgIpc) is 2.71. The zero-order valence-corrected chi connectivity index (χ0v) is 13.3. The smallest absolute Gasteiger partial charge is 0.196 e. The number of hydrogen-bond donors (Lipinski definition) is 1. The molecule has 7 heteroatoms. The van der Waals surface area contributed by atoms with Crippen LogP contribution in [-0.4, -0.2) is 38.0 Å². The minimum absolute atomic E-state index is 0.209. The summed E-state index contributed by atoms with van der Waals surface area (Å²) < 4.78 is 24.3. The van der Waals surface area contributed by atoms with E-state index in [1.54, 1.807) is 0 Å². The average molecular weight is 358 g/mol. The van der Waals surface area contributed by atoms with Crippen LogP contribution in [0.5, 0.6) is 0 Å². The number of sulfone groups is 1. The normalized spacial score (nSPS) is 23.9. The maximum atomic E-state index is 11.7. The van der Waals surface area contributed by atoms with Crippen LogP contribution >= 0.6 is 15.9 Å². The molecule has 1 fully saturated rings. The number of halogens is 1. The lowest BCUT2D eigenvalue weighted by Gasteiger charge is -2.41. The Morgan fingerprint density at radius 2 is 2.00 bits per heavy atom. The molecule has 0 saturated carbocycles. The Kier molecular flexibility index (Phi) is 3.29. The Bertz CT molecular complexity index is 658. The van der Waals surface area contributed by atoms with Crippen LogP contribution in [0.15, 0.2) is 33.7 Å². The predicted octanol–water partition coefficient (Wildman–Crippen LogP) is 1.53. The van der Waals surface area contributed by atoms with Crippen LogP contribution in [0.2, 0.25) is 0 Å². The predicted molar refractivity (Wildman–Crippen MR) is 83.7 cm³/mol. The molecule has 0 aliphatic carbocycles. The van der Waals surface area contributed by atoms with E-state index in [1.165, 1.54) is 0 Å². The van der Waals surface area contributed by atoms with E-state index in [-0.39, 0.29) is 17.0 Å². The Morgan fingerprint density at radius 1 is 1.30 bits per heavy atom. The van der Waals surface area contributed by atoms with Crippen LogP contribution in [-0.2, 0) is 9.84 Å². The van der Waals surface area contributed by atoms with Gasteiger partial charge in [0.1, 0.15) is 0 Å². The van der Waals surface area contributed by atoms with Gasteiger partial charge >= 0.3 is 0 Å². The van der Waals surface area contributed by atoms with Crippen molar-refractivity contribution >= 4 is 37.4 Å². The molecule has 108 valence electrons. The van der Waals surface area contributed by atoms with E-state index >= 15 is 0 Å². The molecule has 2 aliphatic heterocycles. The third kappa shape index (κ3) is 2.33. The Balaban J connectivity index is 1.97. The summed E-state index contributed by atoms with van der Waals surface area (Å²) in [5, 5.41) is 0. The molecule has 2 aliphatic rings. The molecule has 0 aromatic heterocycles. The van der Waals surface area contributed by atoms with E-state index < -0.39 is 9.84 Å². The summed E-state index contributed by atoms with van der Waals surface area (Å²) in [5.41, 5.74) is 6.72. The summed E-state index contributed by atoms with van der Waals surface area (Å²) in [5.74, 6) is 0.892. The SMILES string of the molecule is NC1=NCC2(CCS(=O)(=O)CC2)N1c1cccc(Br)c1. The van der Waals surface area contributed by atoms with Gasteiger partial charge in [0.2, 0.25) is 0 Å². The lowest BCUT2D eigenvalue weighted by Crippen LogP contribution is -2.55. The van der Waals surface area contributed by atoms with E-state index in [9.17, 15) is 8.42 Å². The van der Waals surface area contributed by atoms with Crippen molar-refractivity contribution in [2.24, 2.45) is 10.7 Å². The quantitative estimate of drug-likeness (QED) is 0.826. The Morgan fingerprint density at radius 3 is 2.65 bits per heavy atom. The van der Waals surface area contributed by atoms with Gasteiger partial charge in [0.15, 0.2) is 15.8 Å². The third-order valence-electron chi connectivity index (χ3n) is 4.06. The standard InChI is InChI=1S/C13H16BrN3O2S/c14-10-2-1-3-11(8-10)17-12(15)16-9-13(17)4-6-20(18,19)7-5-13/h1-3,8H,4-7,9H2,(H2,15,16). The largest absolute Gasteiger partial charge is 0.369 e. The molecule has 0 atom stereocenters. The molecule has 0 unspecified atom stereocenters. The molecule has 1 aromatic rings. The topological polar surface area (TPSA) is 75.8 Å². The van der Waals surface area contributed by atoms with Crippen LogP contribution < -0.4 is 10.6 Å². The fraction of sp³-hybridized carbons (Fsp3) is 0.462. The van der Waals surface area contributed by atoms with Gasteiger partial charge in [-0.1, -0.05) is 22.0 Å². The van der Waals surface area contributed by atoms with E-state index in [1.807, 2.05) is 29.2 Å². The van der Waals surface area contributed by atoms with Crippen LogP contribution in [0, 0.1) is 0 Å². The van der Waals surface area contributed by atoms with Crippen LogP contribution in [0.25, 0.3) is 0 Å². The van der Waals surface area contributed by atoms with Gasteiger partial charge < -0.3 is 10.6 Å². The zero-order valence-electron chi connectivity index (χ0n) is 10.9. The van der Waals surface area contributed by atoms with Crippen molar-refractivity contribution in [1.82, 2.24) is 0 Å². The number of hydrogen-bond acceptors (Lipinski definition) is 5. The van der Waals surface area contributed by atoms with Crippen LogP contribution in [0.4, 0.5) is 5.69 Å². The molecule has 0 bridgehead atoms. The van der Waals surface area contributed by atoms with Crippen molar-refractivity contribution in [3.8, 4) is 0 Å². The Hall–Kier alpha value is -1.08. The molecular weight excluding hydrogens is 342 g/mol. The molecule has 2 N–H and O–H groups in total. The van der Waals surface area contributed by atoms with E-state index in [0.29, 0.717) is 25.3 Å². The first-order valence-electron chi connectivity index (χ1n) is 6.48. The monoisotopic (exact) mass is 357 g/mol. The highest BCUT2D eigenvalue weighted by Gasteiger charge is 2.46. The number of nitrogens with zero attached hydrogens (tertiary/aromatic N) is 2. The second kappa shape index (κ2) is 4.73. The molecule has 1 spiro atoms. The van der Waals surface area contributed by atoms with Crippen LogP contribution in [0.1, 0.15) is 12.8 Å². The number of nitrogens with two attached hydrogens (primary N) is 1. The summed E-state index contributed by atoms with van der Waals surface area (Å²) >= 11 is 3.46. The van der Waals surface area contributed by atoms with Crippen molar-refractivity contribution in [2.45, 2.75) is 18.4 Å². The van der Waals surface area contributed by atoms with Gasteiger partial charge in [-0.15, -0.1) is 0 Å². The number of benzene rings is 1. The molecule has 0 amide bonds. The lowest BCUT2D eigenvalue weighted by atomic mass is 9.90. The zero-order chi connectivity index (χ0) is 14.4. The molecule has 0 radical (unpaired) electrons. The highest BCUT2D eigenvalue weighted by molar-refractivity contribution is 9.10. The van der Waals surface area contributed by atoms with Gasteiger partial charge in [-0.05, 0) is 31.0 Å². The number of rotatable bonds is 1. The molecular formula is C13H16BrN3O2S. The van der Waals surface area contributed by atoms with E-state index in [0.717, 1.165) is 10.2 Å². The molecule has 20 heavy (non-hydrogen) atoms. The second-order valence-electron chi connectivity index (χ2n) is 5.37. The highest BCUT2D eigenvalue weighted by atomic mass is 79.9. The minimum Gasteiger partial charge on any atom is -0.369 e. The fourth-order valence-corrected chi connectivity index (χ4v) is 4.91. The number of guanidine groups is 1. The maximum absolute atomic E-state index is 11.7. The molecule has 2 heterocycles. The van der Waals surface area contributed by atoms with Crippen molar-refractivity contribution in [3.05, 3.63) is 28.7 Å². The third-order valence-corrected chi connectivity index (χ3v) is 6.21. The first-order chi connectivity index (χ1) is 9.42. The van der Waals surface area contributed by atoms with Gasteiger partial charge in [-0.3, -0.25) is 4.99 Å².